The fraction of sp³-hybridized carbons (Fsp3) is 0.588. The summed E-state index contributed by atoms with van der Waals surface area (Å²) in [6.45, 7) is 7.15. The first-order valence-corrected chi connectivity index (χ1v) is 8.55. The lowest BCUT2D eigenvalue weighted by Crippen LogP contribution is -2.51. The fourth-order valence-electron chi connectivity index (χ4n) is 3.07. The van der Waals surface area contributed by atoms with Crippen LogP contribution in [-0.4, -0.2) is 75.9 Å². The molecule has 0 spiro atoms. The summed E-state index contributed by atoms with van der Waals surface area (Å²) in [5.74, 6) is -0.238. The summed E-state index contributed by atoms with van der Waals surface area (Å²) in [7, 11) is 0. The first-order chi connectivity index (χ1) is 11.7. The second-order valence-electron chi connectivity index (χ2n) is 6.16. The van der Waals surface area contributed by atoms with E-state index in [-0.39, 0.29) is 17.8 Å². The number of nitrogens with one attached hydrogen (secondary N) is 2. The predicted molar refractivity (Wildman–Crippen MR) is 90.7 cm³/mol. The number of halogens is 1. The molecule has 7 heteroatoms. The van der Waals surface area contributed by atoms with Crippen molar-refractivity contribution in [1.82, 2.24) is 15.5 Å². The van der Waals surface area contributed by atoms with E-state index in [9.17, 15) is 9.18 Å². The first-order valence-electron chi connectivity index (χ1n) is 8.55. The van der Waals surface area contributed by atoms with Crippen molar-refractivity contribution in [3.63, 3.8) is 0 Å². The molecule has 2 aliphatic heterocycles. The molecule has 2 aliphatic rings. The van der Waals surface area contributed by atoms with Crippen molar-refractivity contribution in [2.75, 3.05) is 63.9 Å². The van der Waals surface area contributed by atoms with Gasteiger partial charge in [-0.25, -0.2) is 4.39 Å². The van der Waals surface area contributed by atoms with Crippen LogP contribution in [0.4, 0.5) is 10.1 Å². The summed E-state index contributed by atoms with van der Waals surface area (Å²) in [5.41, 5.74) is 1.06. The van der Waals surface area contributed by atoms with Crippen LogP contribution in [0.5, 0.6) is 0 Å². The molecule has 1 aromatic carbocycles. The number of rotatable bonds is 5. The van der Waals surface area contributed by atoms with E-state index in [1.807, 2.05) is 12.1 Å². The molecule has 132 valence electrons. The Bertz CT molecular complexity index is 526. The van der Waals surface area contributed by atoms with E-state index in [0.717, 1.165) is 45.0 Å². The van der Waals surface area contributed by atoms with Crippen LogP contribution in [0.2, 0.25) is 0 Å². The van der Waals surface area contributed by atoms with Gasteiger partial charge in [-0.1, -0.05) is 0 Å². The van der Waals surface area contributed by atoms with Crippen LogP contribution >= 0.6 is 0 Å². The van der Waals surface area contributed by atoms with Crippen molar-refractivity contribution in [2.24, 2.45) is 0 Å². The van der Waals surface area contributed by atoms with Crippen LogP contribution in [0.25, 0.3) is 0 Å². The third-order valence-corrected chi connectivity index (χ3v) is 4.51. The maximum absolute atomic E-state index is 13.0. The minimum Gasteiger partial charge on any atom is -0.369 e. The highest BCUT2D eigenvalue weighted by molar-refractivity contribution is 5.81. The summed E-state index contributed by atoms with van der Waals surface area (Å²) < 4.78 is 18.4. The topological polar surface area (TPSA) is 56.8 Å². The number of anilines is 1. The van der Waals surface area contributed by atoms with Gasteiger partial charge in [-0.2, -0.15) is 0 Å². The normalized spacial score (nSPS) is 22.4. The van der Waals surface area contributed by atoms with Gasteiger partial charge in [-0.3, -0.25) is 9.69 Å². The van der Waals surface area contributed by atoms with E-state index >= 15 is 0 Å². The Morgan fingerprint density at radius 1 is 1.25 bits per heavy atom. The van der Waals surface area contributed by atoms with Crippen molar-refractivity contribution >= 4 is 11.6 Å². The third-order valence-electron chi connectivity index (χ3n) is 4.51. The van der Waals surface area contributed by atoms with Gasteiger partial charge in [0, 0.05) is 58.0 Å². The fourth-order valence-corrected chi connectivity index (χ4v) is 3.07. The molecule has 1 atom stereocenters. The van der Waals surface area contributed by atoms with E-state index < -0.39 is 0 Å². The van der Waals surface area contributed by atoms with Crippen molar-refractivity contribution in [3.05, 3.63) is 30.1 Å². The number of morpholine rings is 1. The van der Waals surface area contributed by atoms with Gasteiger partial charge in [0.2, 0.25) is 0 Å². The molecule has 0 aromatic heterocycles. The number of piperazine rings is 1. The van der Waals surface area contributed by atoms with E-state index in [0.29, 0.717) is 19.7 Å². The summed E-state index contributed by atoms with van der Waals surface area (Å²) in [4.78, 5) is 16.6. The molecule has 6 nitrogen and oxygen atoms in total. The molecule has 2 heterocycles. The maximum atomic E-state index is 13.0. The van der Waals surface area contributed by atoms with E-state index in [2.05, 4.69) is 20.4 Å². The van der Waals surface area contributed by atoms with Crippen LogP contribution in [0.15, 0.2) is 24.3 Å². The zero-order chi connectivity index (χ0) is 16.8. The Kier molecular flexibility index (Phi) is 6.01. The van der Waals surface area contributed by atoms with Crippen LogP contribution in [0.3, 0.4) is 0 Å². The molecular weight excluding hydrogens is 311 g/mol. The van der Waals surface area contributed by atoms with Crippen molar-refractivity contribution in [1.29, 1.82) is 0 Å². The molecule has 1 unspecified atom stereocenters. The molecule has 1 aromatic rings. The first kappa shape index (κ1) is 17.1. The van der Waals surface area contributed by atoms with Crippen molar-refractivity contribution in [2.45, 2.75) is 6.10 Å². The average Bonchev–Trinajstić information content (AvgIpc) is 2.64. The second kappa shape index (κ2) is 8.41. The number of hydrogen-bond acceptors (Lipinski definition) is 5. The Hall–Kier alpha value is -1.70. The number of amides is 1. The molecule has 0 aliphatic carbocycles. The highest BCUT2D eigenvalue weighted by Crippen LogP contribution is 2.16. The summed E-state index contributed by atoms with van der Waals surface area (Å²) in [6, 6.07) is 6.64. The molecule has 0 saturated carbocycles. The van der Waals surface area contributed by atoms with Gasteiger partial charge in [0.15, 0.2) is 0 Å². The van der Waals surface area contributed by atoms with Crippen LogP contribution in [-0.2, 0) is 9.53 Å². The highest BCUT2D eigenvalue weighted by Gasteiger charge is 2.22. The molecule has 1 amide bonds. The molecule has 2 N–H and O–H groups in total. The zero-order valence-corrected chi connectivity index (χ0v) is 13.8. The van der Waals surface area contributed by atoms with Gasteiger partial charge >= 0.3 is 0 Å². The second-order valence-corrected chi connectivity index (χ2v) is 6.16. The van der Waals surface area contributed by atoms with Gasteiger partial charge in [-0.15, -0.1) is 0 Å². The average molecular weight is 336 g/mol. The van der Waals surface area contributed by atoms with Crippen LogP contribution in [0, 0.1) is 5.82 Å². The largest absolute Gasteiger partial charge is 0.369 e. The number of benzene rings is 1. The smallest absolute Gasteiger partial charge is 0.250 e. The van der Waals surface area contributed by atoms with Gasteiger partial charge in [0.05, 0.1) is 6.61 Å². The Labute approximate surface area is 141 Å². The van der Waals surface area contributed by atoms with Crippen LogP contribution < -0.4 is 15.5 Å². The Balaban J connectivity index is 1.35. The number of ether oxygens (including phenoxy) is 1. The number of nitrogens with zero attached hydrogens (tertiary/aromatic N) is 2. The minimum atomic E-state index is -0.367. The molecule has 24 heavy (non-hydrogen) atoms. The Morgan fingerprint density at radius 3 is 2.67 bits per heavy atom. The quantitative estimate of drug-likeness (QED) is 0.796. The van der Waals surface area contributed by atoms with Crippen molar-refractivity contribution in [3.8, 4) is 0 Å². The summed E-state index contributed by atoms with van der Waals surface area (Å²) in [6.07, 6.45) is -0.367. The van der Waals surface area contributed by atoms with Gasteiger partial charge in [0.25, 0.3) is 5.91 Å². The molecule has 2 saturated heterocycles. The SMILES string of the molecule is O=C(NCCN1CCN(c2ccc(F)cc2)CC1)C1CNCCO1. The standard InChI is InChI=1S/C17H25FN4O2/c18-14-1-3-15(4-2-14)22-10-8-21(9-11-22)7-5-20-17(23)16-13-19-6-12-24-16/h1-4,16,19H,5-13H2,(H,20,23). The highest BCUT2D eigenvalue weighted by atomic mass is 19.1. The maximum Gasteiger partial charge on any atom is 0.250 e. The van der Waals surface area contributed by atoms with Crippen LogP contribution in [0.1, 0.15) is 0 Å². The lowest BCUT2D eigenvalue weighted by Gasteiger charge is -2.36. The number of carbonyl (C=O) groups excluding carboxylic acids is 1. The third kappa shape index (κ3) is 4.66. The molecule has 2 fully saturated rings. The molecule has 0 radical (unpaired) electrons. The monoisotopic (exact) mass is 336 g/mol. The zero-order valence-electron chi connectivity index (χ0n) is 13.8. The number of carbonyl (C=O) groups is 1. The summed E-state index contributed by atoms with van der Waals surface area (Å²) >= 11 is 0. The van der Waals surface area contributed by atoms with E-state index in [1.165, 1.54) is 12.1 Å². The van der Waals surface area contributed by atoms with Gasteiger partial charge in [0.1, 0.15) is 11.9 Å². The number of hydrogen-bond donors (Lipinski definition) is 2. The molecule has 0 bridgehead atoms. The molecular formula is C17H25FN4O2. The Morgan fingerprint density at radius 2 is 2.00 bits per heavy atom. The van der Waals surface area contributed by atoms with E-state index in [4.69, 9.17) is 4.74 Å². The van der Waals surface area contributed by atoms with E-state index in [1.54, 1.807) is 0 Å². The minimum absolute atomic E-state index is 0.0350. The van der Waals surface area contributed by atoms with Gasteiger partial charge < -0.3 is 20.3 Å². The lowest BCUT2D eigenvalue weighted by molar-refractivity contribution is -0.134. The predicted octanol–water partition coefficient (Wildman–Crippen LogP) is 0.0523. The molecule has 3 rings (SSSR count). The van der Waals surface area contributed by atoms with Gasteiger partial charge in [-0.05, 0) is 24.3 Å². The summed E-state index contributed by atoms with van der Waals surface area (Å²) in [5, 5.41) is 6.10. The van der Waals surface area contributed by atoms with Crippen molar-refractivity contribution < 1.29 is 13.9 Å². The lowest BCUT2D eigenvalue weighted by atomic mass is 10.2.